The van der Waals surface area contributed by atoms with E-state index in [1.165, 1.54) is 24.5 Å². The van der Waals surface area contributed by atoms with Gasteiger partial charge in [0, 0.05) is 9.90 Å². The molecule has 22 heavy (non-hydrogen) atoms. The molecule has 1 aromatic carbocycles. The average molecular weight is 336 g/mol. The summed E-state index contributed by atoms with van der Waals surface area (Å²) in [5.74, 6) is -1.67. The fraction of sp³-hybridized carbons (Fsp3) is 0.0667. The van der Waals surface area contributed by atoms with E-state index in [2.05, 4.69) is 0 Å². The van der Waals surface area contributed by atoms with Gasteiger partial charge in [-0.25, -0.2) is 4.90 Å². The van der Waals surface area contributed by atoms with E-state index in [4.69, 9.17) is 16.3 Å². The molecule has 0 saturated heterocycles. The van der Waals surface area contributed by atoms with Crippen LogP contribution in [0.4, 0.5) is 5.69 Å². The summed E-state index contributed by atoms with van der Waals surface area (Å²) in [7, 11) is 1.42. The number of aliphatic hydroxyl groups is 1. The van der Waals surface area contributed by atoms with E-state index in [0.717, 1.165) is 4.90 Å². The quantitative estimate of drug-likeness (QED) is 0.874. The number of carbonyl (C=O) groups excluding carboxylic acids is 2. The third kappa shape index (κ3) is 2.17. The van der Waals surface area contributed by atoms with E-state index in [9.17, 15) is 14.7 Å². The van der Waals surface area contributed by atoms with Gasteiger partial charge < -0.3 is 9.84 Å². The second kappa shape index (κ2) is 5.47. The number of aliphatic hydroxyl groups excluding tert-OH is 1. The van der Waals surface area contributed by atoms with Crippen LogP contribution in [0.1, 0.15) is 4.88 Å². The van der Waals surface area contributed by atoms with Crippen LogP contribution in [0.15, 0.2) is 41.5 Å². The van der Waals surface area contributed by atoms with Crippen LogP contribution in [0.5, 0.6) is 5.75 Å². The number of hydrogen-bond donors (Lipinski definition) is 1. The highest BCUT2D eigenvalue weighted by molar-refractivity contribution is 7.11. The van der Waals surface area contributed by atoms with E-state index in [1.54, 1.807) is 29.6 Å². The van der Waals surface area contributed by atoms with E-state index < -0.39 is 17.6 Å². The third-order valence-corrected chi connectivity index (χ3v) is 4.33. The predicted molar refractivity (Wildman–Crippen MR) is 84.4 cm³/mol. The van der Waals surface area contributed by atoms with Crippen molar-refractivity contribution in [3.05, 3.63) is 51.4 Å². The van der Waals surface area contributed by atoms with E-state index in [1.807, 2.05) is 0 Å². The Hall–Kier alpha value is -2.31. The summed E-state index contributed by atoms with van der Waals surface area (Å²) in [6.45, 7) is 0. The molecule has 7 heteroatoms. The van der Waals surface area contributed by atoms with Crippen LogP contribution in [-0.4, -0.2) is 24.0 Å². The van der Waals surface area contributed by atoms with Crippen LogP contribution in [0, 0.1) is 0 Å². The number of anilines is 1. The lowest BCUT2D eigenvalue weighted by molar-refractivity contribution is -0.121. The van der Waals surface area contributed by atoms with Gasteiger partial charge in [0.25, 0.3) is 5.91 Å². The highest BCUT2D eigenvalue weighted by Gasteiger charge is 2.41. The molecule has 0 aliphatic carbocycles. The lowest BCUT2D eigenvalue weighted by atomic mass is 10.2. The van der Waals surface area contributed by atoms with Crippen LogP contribution in [-0.2, 0) is 9.59 Å². The predicted octanol–water partition coefficient (Wildman–Crippen LogP) is 3.25. The Morgan fingerprint density at radius 2 is 2.00 bits per heavy atom. The molecule has 2 aromatic rings. The molecule has 0 bridgehead atoms. The van der Waals surface area contributed by atoms with Crippen molar-refractivity contribution in [3.8, 4) is 5.75 Å². The van der Waals surface area contributed by atoms with Crippen LogP contribution in [0.2, 0.25) is 5.02 Å². The molecule has 0 spiro atoms. The first-order chi connectivity index (χ1) is 10.5. The zero-order valence-corrected chi connectivity index (χ0v) is 12.9. The number of ether oxygens (including phenoxy) is 1. The molecule has 5 nitrogen and oxygen atoms in total. The minimum absolute atomic E-state index is 0.0120. The molecule has 0 unspecified atom stereocenters. The zero-order chi connectivity index (χ0) is 15.9. The van der Waals surface area contributed by atoms with Gasteiger partial charge in [-0.1, -0.05) is 17.7 Å². The Bertz CT molecular complexity index is 798. The molecular formula is C15H10ClNO4S. The summed E-state index contributed by atoms with van der Waals surface area (Å²) in [5, 5.41) is 12.2. The summed E-state index contributed by atoms with van der Waals surface area (Å²) >= 11 is 7.21. The van der Waals surface area contributed by atoms with E-state index >= 15 is 0 Å². The number of methoxy groups -OCH3 is 1. The number of carbonyl (C=O) groups is 2. The summed E-state index contributed by atoms with van der Waals surface area (Å²) < 4.78 is 5.17. The van der Waals surface area contributed by atoms with Crippen LogP contribution < -0.4 is 9.64 Å². The van der Waals surface area contributed by atoms with Crippen LogP contribution >= 0.6 is 22.9 Å². The molecule has 1 aliphatic rings. The zero-order valence-electron chi connectivity index (χ0n) is 11.4. The minimum atomic E-state index is -0.797. The number of benzene rings is 1. The van der Waals surface area contributed by atoms with Crippen molar-refractivity contribution in [3.63, 3.8) is 0 Å². The van der Waals surface area contributed by atoms with Gasteiger partial charge in [-0.05, 0) is 29.6 Å². The summed E-state index contributed by atoms with van der Waals surface area (Å²) in [5.41, 5.74) is 0.185. The molecule has 1 aliphatic heterocycles. The van der Waals surface area contributed by atoms with Gasteiger partial charge in [0.15, 0.2) is 5.76 Å². The molecule has 2 heterocycles. The second-order valence-electron chi connectivity index (χ2n) is 4.46. The number of thiophene rings is 1. The molecule has 0 saturated carbocycles. The van der Waals surface area contributed by atoms with Crippen LogP contribution in [0.3, 0.4) is 0 Å². The largest absolute Gasteiger partial charge is 0.502 e. The molecule has 1 aromatic heterocycles. The summed E-state index contributed by atoms with van der Waals surface area (Å²) in [6.07, 6.45) is 0. The van der Waals surface area contributed by atoms with Gasteiger partial charge in [-0.15, -0.1) is 11.3 Å². The smallest absolute Gasteiger partial charge is 0.301 e. The van der Waals surface area contributed by atoms with Gasteiger partial charge in [-0.2, -0.15) is 0 Å². The molecule has 0 fully saturated rings. The van der Waals surface area contributed by atoms with Gasteiger partial charge in [0.2, 0.25) is 0 Å². The van der Waals surface area contributed by atoms with Crippen molar-refractivity contribution >= 4 is 46.0 Å². The van der Waals surface area contributed by atoms with E-state index in [-0.39, 0.29) is 11.3 Å². The number of imide groups is 1. The second-order valence-corrected chi connectivity index (χ2v) is 5.85. The Morgan fingerprint density at radius 3 is 2.64 bits per heavy atom. The number of hydrogen-bond acceptors (Lipinski definition) is 5. The first-order valence-corrected chi connectivity index (χ1v) is 7.49. The Balaban J connectivity index is 2.11. The van der Waals surface area contributed by atoms with Crippen molar-refractivity contribution in [2.24, 2.45) is 0 Å². The fourth-order valence-electron chi connectivity index (χ4n) is 2.22. The summed E-state index contributed by atoms with van der Waals surface area (Å²) in [6, 6.07) is 7.99. The highest BCUT2D eigenvalue weighted by Crippen LogP contribution is 2.38. The molecule has 112 valence electrons. The minimum Gasteiger partial charge on any atom is -0.502 e. The first kappa shape index (κ1) is 14.6. The van der Waals surface area contributed by atoms with Crippen LogP contribution in [0.25, 0.3) is 5.57 Å². The number of halogens is 1. The lowest BCUT2D eigenvalue weighted by Crippen LogP contribution is -2.31. The lowest BCUT2D eigenvalue weighted by Gasteiger charge is -2.17. The number of nitrogens with zero attached hydrogens (tertiary/aromatic N) is 1. The number of amides is 2. The third-order valence-electron chi connectivity index (χ3n) is 3.21. The van der Waals surface area contributed by atoms with Crippen molar-refractivity contribution < 1.29 is 19.4 Å². The summed E-state index contributed by atoms with van der Waals surface area (Å²) in [4.78, 5) is 26.3. The maximum atomic E-state index is 12.6. The molecule has 0 atom stereocenters. The molecule has 0 radical (unpaired) electrons. The topological polar surface area (TPSA) is 66.8 Å². The Morgan fingerprint density at radius 1 is 1.23 bits per heavy atom. The Kier molecular flexibility index (Phi) is 3.64. The standard InChI is InChI=1S/C15H10ClNO4S/c1-21-10-5-4-8(16)7-9(10)17-14(19)12(13(18)15(17)20)11-3-2-6-22-11/h2-7,18H,1H3. The average Bonchev–Trinajstić information content (AvgIpc) is 3.08. The maximum Gasteiger partial charge on any atom is 0.301 e. The Labute approximate surface area is 135 Å². The van der Waals surface area contributed by atoms with Crippen molar-refractivity contribution in [1.29, 1.82) is 0 Å². The first-order valence-electron chi connectivity index (χ1n) is 6.24. The van der Waals surface area contributed by atoms with Gasteiger partial charge >= 0.3 is 5.91 Å². The van der Waals surface area contributed by atoms with Gasteiger partial charge in [0.1, 0.15) is 11.3 Å². The van der Waals surface area contributed by atoms with E-state index in [0.29, 0.717) is 15.6 Å². The van der Waals surface area contributed by atoms with Crippen molar-refractivity contribution in [2.75, 3.05) is 12.0 Å². The maximum absolute atomic E-state index is 12.6. The number of rotatable bonds is 3. The molecule has 3 rings (SSSR count). The highest BCUT2D eigenvalue weighted by atomic mass is 35.5. The van der Waals surface area contributed by atoms with Gasteiger partial charge in [-0.3, -0.25) is 9.59 Å². The molecular weight excluding hydrogens is 326 g/mol. The fourth-order valence-corrected chi connectivity index (χ4v) is 3.15. The molecule has 2 amide bonds. The normalized spacial score (nSPS) is 14.9. The van der Waals surface area contributed by atoms with Gasteiger partial charge in [0.05, 0.1) is 12.8 Å². The van der Waals surface area contributed by atoms with Crippen molar-refractivity contribution in [1.82, 2.24) is 0 Å². The SMILES string of the molecule is COc1ccc(Cl)cc1N1C(=O)C(O)=C(c2cccs2)C1=O. The molecule has 1 N–H and O–H groups in total. The van der Waals surface area contributed by atoms with Crippen molar-refractivity contribution in [2.45, 2.75) is 0 Å². The monoisotopic (exact) mass is 335 g/mol.